The highest BCUT2D eigenvalue weighted by molar-refractivity contribution is 7.22. The minimum Gasteiger partial charge on any atom is -0.454 e. The van der Waals surface area contributed by atoms with Gasteiger partial charge in [-0.25, -0.2) is 0 Å². The topological polar surface area (TPSA) is 78.2 Å². The van der Waals surface area contributed by atoms with Gasteiger partial charge >= 0.3 is 0 Å². The second kappa shape index (κ2) is 7.00. The van der Waals surface area contributed by atoms with Crippen molar-refractivity contribution >= 4 is 50.2 Å². The number of nitrogens with zero attached hydrogens (tertiary/aromatic N) is 2. The standard InChI is InChI=1S/C27H14N2O4S/c30-26-17-6-3-9-28-25(17)27(31)18(26)12-16-13-20-19(29(16)24-8-4-10-32-24)14-21(33-20)23-11-15-5-1-2-7-22(15)34-23/h1-14H/b18-12-. The Labute approximate surface area is 196 Å². The first kappa shape index (κ1) is 19.0. The van der Waals surface area contributed by atoms with Crippen LogP contribution < -0.4 is 0 Å². The van der Waals surface area contributed by atoms with Crippen LogP contribution in [0.3, 0.4) is 0 Å². The van der Waals surface area contributed by atoms with Crippen molar-refractivity contribution in [1.82, 2.24) is 9.55 Å². The second-order valence-electron chi connectivity index (χ2n) is 7.98. The highest BCUT2D eigenvalue weighted by Gasteiger charge is 2.34. The summed E-state index contributed by atoms with van der Waals surface area (Å²) in [6.07, 6.45) is 4.68. The molecule has 1 aliphatic carbocycles. The fraction of sp³-hybridized carbons (Fsp3) is 0. The monoisotopic (exact) mass is 462 g/mol. The molecule has 0 saturated heterocycles. The van der Waals surface area contributed by atoms with Crippen LogP contribution in [-0.4, -0.2) is 21.1 Å². The van der Waals surface area contributed by atoms with Gasteiger partial charge in [-0.2, -0.15) is 0 Å². The average molecular weight is 462 g/mol. The number of ketones is 2. The van der Waals surface area contributed by atoms with Crippen molar-refractivity contribution in [2.45, 2.75) is 0 Å². The van der Waals surface area contributed by atoms with Gasteiger partial charge in [-0.3, -0.25) is 19.1 Å². The van der Waals surface area contributed by atoms with E-state index in [1.807, 2.05) is 34.9 Å². The lowest BCUT2D eigenvalue weighted by Gasteiger charge is -2.04. The Hall–Kier alpha value is -4.49. The number of aromatic nitrogens is 2. The van der Waals surface area contributed by atoms with Gasteiger partial charge in [0.1, 0.15) is 11.5 Å². The molecule has 6 aromatic rings. The quantitative estimate of drug-likeness (QED) is 0.220. The number of Topliss-reactive ketones (excluding diaryl/α,β-unsaturated/α-hetero) is 2. The Morgan fingerprint density at radius 2 is 1.85 bits per heavy atom. The Morgan fingerprint density at radius 1 is 0.941 bits per heavy atom. The van der Waals surface area contributed by atoms with Crippen molar-refractivity contribution < 1.29 is 18.4 Å². The van der Waals surface area contributed by atoms with Gasteiger partial charge in [-0.05, 0) is 41.8 Å². The van der Waals surface area contributed by atoms with E-state index in [0.29, 0.717) is 22.7 Å². The molecule has 0 saturated carbocycles. The molecule has 0 atom stereocenters. The number of furan rings is 2. The number of benzene rings is 1. The summed E-state index contributed by atoms with van der Waals surface area (Å²) in [5.74, 6) is 0.590. The minimum atomic E-state index is -0.379. The van der Waals surface area contributed by atoms with Gasteiger partial charge in [-0.15, -0.1) is 11.3 Å². The molecule has 5 aromatic heterocycles. The van der Waals surface area contributed by atoms with E-state index in [1.54, 1.807) is 41.9 Å². The number of fused-ring (bicyclic) bond motifs is 3. The van der Waals surface area contributed by atoms with Crippen molar-refractivity contribution in [2.24, 2.45) is 0 Å². The molecular formula is C27H14N2O4S. The second-order valence-corrected chi connectivity index (χ2v) is 9.06. The number of carbonyl (C=O) groups is 2. The van der Waals surface area contributed by atoms with Crippen molar-refractivity contribution in [3.63, 3.8) is 0 Å². The van der Waals surface area contributed by atoms with E-state index in [4.69, 9.17) is 8.83 Å². The number of thiophene rings is 1. The van der Waals surface area contributed by atoms with E-state index in [9.17, 15) is 9.59 Å². The summed E-state index contributed by atoms with van der Waals surface area (Å²) in [6, 6.07) is 21.0. The Morgan fingerprint density at radius 3 is 2.68 bits per heavy atom. The molecule has 0 unspecified atom stereocenters. The Kier molecular flexibility index (Phi) is 3.92. The molecule has 7 heteroatoms. The maximum atomic E-state index is 12.9. The summed E-state index contributed by atoms with van der Waals surface area (Å²) < 4.78 is 14.9. The van der Waals surface area contributed by atoms with Crippen molar-refractivity contribution in [3.05, 3.63) is 102 Å². The molecule has 34 heavy (non-hydrogen) atoms. The van der Waals surface area contributed by atoms with Crippen LogP contribution in [0.2, 0.25) is 0 Å². The molecular weight excluding hydrogens is 448 g/mol. The lowest BCUT2D eigenvalue weighted by atomic mass is 10.1. The van der Waals surface area contributed by atoms with Gasteiger partial charge in [0.2, 0.25) is 11.7 Å². The van der Waals surface area contributed by atoms with E-state index in [1.165, 1.54) is 10.9 Å². The zero-order valence-corrected chi connectivity index (χ0v) is 18.3. The van der Waals surface area contributed by atoms with Gasteiger partial charge in [0, 0.05) is 29.1 Å². The van der Waals surface area contributed by atoms with Crippen LogP contribution in [0.1, 0.15) is 26.5 Å². The van der Waals surface area contributed by atoms with Gasteiger partial charge in [0.25, 0.3) is 0 Å². The van der Waals surface area contributed by atoms with E-state index in [-0.39, 0.29) is 22.8 Å². The number of pyridine rings is 1. The molecule has 162 valence electrons. The molecule has 1 aliphatic rings. The van der Waals surface area contributed by atoms with Crippen LogP contribution in [0, 0.1) is 0 Å². The fourth-order valence-corrected chi connectivity index (χ4v) is 5.43. The first-order valence-corrected chi connectivity index (χ1v) is 11.4. The van der Waals surface area contributed by atoms with E-state index in [0.717, 1.165) is 21.5 Å². The maximum Gasteiger partial charge on any atom is 0.216 e. The number of hydrogen-bond acceptors (Lipinski definition) is 6. The summed E-state index contributed by atoms with van der Waals surface area (Å²) in [4.78, 5) is 30.9. The minimum absolute atomic E-state index is 0.0754. The van der Waals surface area contributed by atoms with Crippen LogP contribution in [-0.2, 0) is 0 Å². The predicted octanol–water partition coefficient (Wildman–Crippen LogP) is 6.56. The normalized spacial score (nSPS) is 14.6. The van der Waals surface area contributed by atoms with Crippen molar-refractivity contribution in [1.29, 1.82) is 0 Å². The van der Waals surface area contributed by atoms with Crippen LogP contribution in [0.4, 0.5) is 0 Å². The molecule has 0 N–H and O–H groups in total. The summed E-state index contributed by atoms with van der Waals surface area (Å²) >= 11 is 1.66. The Balaban J connectivity index is 1.40. The van der Waals surface area contributed by atoms with Gasteiger partial charge in [0.15, 0.2) is 11.4 Å². The lowest BCUT2D eigenvalue weighted by molar-refractivity contribution is 0.0989. The van der Waals surface area contributed by atoms with E-state index < -0.39 is 0 Å². The molecule has 0 bridgehead atoms. The molecule has 0 radical (unpaired) electrons. The van der Waals surface area contributed by atoms with Gasteiger partial charge in [-0.1, -0.05) is 18.2 Å². The molecule has 0 spiro atoms. The average Bonchev–Trinajstić information content (AvgIpc) is 3.66. The van der Waals surface area contributed by atoms with E-state index in [2.05, 4.69) is 23.2 Å². The fourth-order valence-electron chi connectivity index (χ4n) is 4.41. The maximum absolute atomic E-state index is 12.9. The van der Waals surface area contributed by atoms with Crippen LogP contribution in [0.5, 0.6) is 0 Å². The van der Waals surface area contributed by atoms with Crippen molar-refractivity contribution in [2.75, 3.05) is 0 Å². The number of rotatable bonds is 3. The SMILES string of the molecule is O=C1/C(=C/c2cc3oc(-c4cc5ccccc5s4)cc3n2-c2ccco2)C(=O)c2ncccc21. The molecule has 6 nitrogen and oxygen atoms in total. The Bertz CT molecular complexity index is 1730. The smallest absolute Gasteiger partial charge is 0.216 e. The highest BCUT2D eigenvalue weighted by atomic mass is 32.1. The largest absolute Gasteiger partial charge is 0.454 e. The third-order valence-electron chi connectivity index (χ3n) is 5.96. The highest BCUT2D eigenvalue weighted by Crippen LogP contribution is 2.39. The van der Waals surface area contributed by atoms with E-state index >= 15 is 0 Å². The number of allylic oxidation sites excluding steroid dienone is 1. The summed E-state index contributed by atoms with van der Waals surface area (Å²) in [5.41, 5.74) is 2.60. The number of hydrogen-bond donors (Lipinski definition) is 0. The third kappa shape index (κ3) is 2.71. The molecule has 0 aliphatic heterocycles. The number of carbonyl (C=O) groups excluding carboxylic acids is 2. The molecule has 0 amide bonds. The van der Waals surface area contributed by atoms with Gasteiger partial charge in [0.05, 0.1) is 33.5 Å². The van der Waals surface area contributed by atoms with Crippen LogP contribution in [0.25, 0.3) is 43.8 Å². The third-order valence-corrected chi connectivity index (χ3v) is 7.09. The lowest BCUT2D eigenvalue weighted by Crippen LogP contribution is -2.03. The zero-order valence-electron chi connectivity index (χ0n) is 17.5. The first-order chi connectivity index (χ1) is 16.7. The summed E-state index contributed by atoms with van der Waals surface area (Å²) in [5, 5.41) is 1.16. The molecule has 1 aromatic carbocycles. The summed E-state index contributed by atoms with van der Waals surface area (Å²) in [6.45, 7) is 0. The van der Waals surface area contributed by atoms with Gasteiger partial charge < -0.3 is 8.83 Å². The molecule has 7 rings (SSSR count). The molecule has 5 heterocycles. The first-order valence-electron chi connectivity index (χ1n) is 10.6. The summed E-state index contributed by atoms with van der Waals surface area (Å²) in [7, 11) is 0. The molecule has 0 fully saturated rings. The predicted molar refractivity (Wildman–Crippen MR) is 130 cm³/mol. The van der Waals surface area contributed by atoms with Crippen LogP contribution >= 0.6 is 11.3 Å². The van der Waals surface area contributed by atoms with Crippen molar-refractivity contribution in [3.8, 4) is 16.5 Å². The zero-order chi connectivity index (χ0) is 22.8. The van der Waals surface area contributed by atoms with Crippen LogP contribution in [0.15, 0.2) is 93.6 Å².